The van der Waals surface area contributed by atoms with Gasteiger partial charge in [0.05, 0.1) is 29.8 Å². The van der Waals surface area contributed by atoms with Crippen LogP contribution in [0.5, 0.6) is 0 Å². The summed E-state index contributed by atoms with van der Waals surface area (Å²) in [5.74, 6) is -0.673. The van der Waals surface area contributed by atoms with E-state index in [-0.39, 0.29) is 78.6 Å². The molecule has 10 heteroatoms. The predicted octanol–water partition coefficient (Wildman–Crippen LogP) is 1.42. The number of ether oxygens (including phenoxy) is 6. The van der Waals surface area contributed by atoms with Crippen molar-refractivity contribution in [1.82, 2.24) is 0 Å². The monoisotopic (exact) mass is 506 g/mol. The average molecular weight is 507 g/mol. The molecule has 7 fully saturated rings. The largest absolute Gasteiger partial charge is 0.381 e. The van der Waals surface area contributed by atoms with Crippen LogP contribution in [0.3, 0.4) is 0 Å². The molecule has 7 saturated heterocycles. The van der Waals surface area contributed by atoms with Crippen LogP contribution in [-0.2, 0) is 43.1 Å². The van der Waals surface area contributed by atoms with Gasteiger partial charge in [0, 0.05) is 25.4 Å². The van der Waals surface area contributed by atoms with Gasteiger partial charge in [0.15, 0.2) is 21.9 Å². The lowest BCUT2D eigenvalue weighted by molar-refractivity contribution is -0.264. The predicted molar refractivity (Wildman–Crippen MR) is 119 cm³/mol. The van der Waals surface area contributed by atoms with Gasteiger partial charge in [-0.05, 0) is 31.4 Å². The number of rotatable bonds is 6. The van der Waals surface area contributed by atoms with Gasteiger partial charge in [-0.3, -0.25) is 4.79 Å². The Morgan fingerprint density at radius 3 is 2.37 bits per heavy atom. The Morgan fingerprint density at radius 2 is 1.57 bits per heavy atom. The van der Waals surface area contributed by atoms with Gasteiger partial charge in [-0.15, -0.1) is 0 Å². The summed E-state index contributed by atoms with van der Waals surface area (Å²) in [5.41, 5.74) is 0. The summed E-state index contributed by atoms with van der Waals surface area (Å²) in [7, 11) is -3.86. The Balaban J connectivity index is 1.10. The van der Waals surface area contributed by atoms with Crippen molar-refractivity contribution >= 4 is 15.6 Å². The highest BCUT2D eigenvalue weighted by atomic mass is 32.2. The molecule has 0 aromatic heterocycles. The normalized spacial score (nSPS) is 44.7. The first kappa shape index (κ1) is 22.8. The standard InChI is InChI=1S/C25H30O9S/c26-16(25(13-8-9-29-12-13)35(27,28)15-4-2-1-3-5-15)10-14-6-7-17-20(30-14)23-24-22(31-17)21-18(32-24)11-19(33-21)34-23/h1-5,13-14,17-25H,6-12H2/t13-,14-,17+,18-,19+,20+,21?,22?,23+,24-,25?/m1/s1. The lowest BCUT2D eigenvalue weighted by Gasteiger charge is -2.46. The summed E-state index contributed by atoms with van der Waals surface area (Å²) in [6.07, 6.45) is 0.572. The number of Topliss-reactive ketones (excluding diaryl/α,β-unsaturated/α-hetero) is 1. The molecule has 1 aromatic carbocycles. The number of sulfone groups is 1. The first-order valence-corrected chi connectivity index (χ1v) is 14.2. The highest BCUT2D eigenvalue weighted by molar-refractivity contribution is 7.92. The minimum Gasteiger partial charge on any atom is -0.381 e. The molecule has 7 heterocycles. The molecule has 0 spiro atoms. The van der Waals surface area contributed by atoms with Crippen molar-refractivity contribution in [3.05, 3.63) is 30.3 Å². The van der Waals surface area contributed by atoms with E-state index < -0.39 is 21.2 Å². The van der Waals surface area contributed by atoms with Crippen molar-refractivity contribution in [3.63, 3.8) is 0 Å². The second kappa shape index (κ2) is 8.58. The second-order valence-electron chi connectivity index (χ2n) is 10.5. The summed E-state index contributed by atoms with van der Waals surface area (Å²) in [6, 6.07) is 8.22. The third kappa shape index (κ3) is 3.72. The first-order chi connectivity index (χ1) is 17.0. The van der Waals surface area contributed by atoms with Gasteiger partial charge < -0.3 is 28.4 Å². The summed E-state index contributed by atoms with van der Waals surface area (Å²) in [6.45, 7) is 0.735. The van der Waals surface area contributed by atoms with Crippen LogP contribution in [-0.4, -0.2) is 87.8 Å². The maximum Gasteiger partial charge on any atom is 0.188 e. The van der Waals surface area contributed by atoms with E-state index in [0.29, 0.717) is 25.9 Å². The van der Waals surface area contributed by atoms with Crippen LogP contribution in [0.2, 0.25) is 0 Å². The molecule has 0 aliphatic carbocycles. The van der Waals surface area contributed by atoms with Crippen molar-refractivity contribution in [2.75, 3.05) is 13.2 Å². The molecule has 6 bridgehead atoms. The maximum atomic E-state index is 13.6. The van der Waals surface area contributed by atoms with Crippen LogP contribution in [0.25, 0.3) is 0 Å². The smallest absolute Gasteiger partial charge is 0.188 e. The molecule has 8 rings (SSSR count). The molecule has 0 radical (unpaired) electrons. The van der Waals surface area contributed by atoms with Crippen LogP contribution >= 0.6 is 0 Å². The van der Waals surface area contributed by atoms with E-state index >= 15 is 0 Å². The van der Waals surface area contributed by atoms with Crippen molar-refractivity contribution < 1.29 is 41.6 Å². The molecule has 0 amide bonds. The summed E-state index contributed by atoms with van der Waals surface area (Å²) >= 11 is 0. The molecule has 7 aliphatic rings. The van der Waals surface area contributed by atoms with E-state index in [0.717, 1.165) is 6.42 Å². The van der Waals surface area contributed by atoms with Crippen LogP contribution in [0.4, 0.5) is 0 Å². The third-order valence-corrected chi connectivity index (χ3v) is 10.6. The number of carbonyl (C=O) groups excluding carboxylic acids is 1. The minimum absolute atomic E-state index is 0.00453. The first-order valence-electron chi connectivity index (χ1n) is 12.7. The molecule has 35 heavy (non-hydrogen) atoms. The molecule has 0 saturated carbocycles. The molecular formula is C25H30O9S. The number of fused-ring (bicyclic) bond motifs is 1. The lowest BCUT2D eigenvalue weighted by Crippen LogP contribution is -2.61. The summed E-state index contributed by atoms with van der Waals surface area (Å²) in [4.78, 5) is 13.8. The number of ketones is 1. The fourth-order valence-electron chi connectivity index (χ4n) is 6.81. The number of benzene rings is 1. The fraction of sp³-hybridized carbons (Fsp3) is 0.720. The zero-order chi connectivity index (χ0) is 23.7. The zero-order valence-corrected chi connectivity index (χ0v) is 20.1. The molecular weight excluding hydrogens is 476 g/mol. The van der Waals surface area contributed by atoms with Crippen molar-refractivity contribution in [2.24, 2.45) is 5.92 Å². The number of hydrogen-bond acceptors (Lipinski definition) is 9. The minimum atomic E-state index is -3.86. The van der Waals surface area contributed by atoms with E-state index in [2.05, 4.69) is 0 Å². The van der Waals surface area contributed by atoms with Gasteiger partial charge in [-0.1, -0.05) is 18.2 Å². The molecule has 11 atom stereocenters. The Hall–Kier alpha value is -1.40. The number of carbonyl (C=O) groups is 1. The Labute approximate surface area is 204 Å². The van der Waals surface area contributed by atoms with Gasteiger partial charge in [0.1, 0.15) is 35.8 Å². The third-order valence-electron chi connectivity index (χ3n) is 8.40. The quantitative estimate of drug-likeness (QED) is 0.566. The van der Waals surface area contributed by atoms with E-state index in [9.17, 15) is 13.2 Å². The van der Waals surface area contributed by atoms with Crippen LogP contribution < -0.4 is 0 Å². The van der Waals surface area contributed by atoms with Gasteiger partial charge >= 0.3 is 0 Å². The Kier molecular flexibility index (Phi) is 5.58. The molecule has 190 valence electrons. The van der Waals surface area contributed by atoms with Crippen molar-refractivity contribution in [1.29, 1.82) is 0 Å². The van der Waals surface area contributed by atoms with Crippen molar-refractivity contribution in [2.45, 2.75) is 97.4 Å². The van der Waals surface area contributed by atoms with E-state index in [1.165, 1.54) is 0 Å². The lowest BCUT2D eigenvalue weighted by atomic mass is 9.87. The van der Waals surface area contributed by atoms with Gasteiger partial charge in [-0.25, -0.2) is 8.42 Å². The van der Waals surface area contributed by atoms with Gasteiger partial charge in [0.2, 0.25) is 0 Å². The molecule has 1 aromatic rings. The fourth-order valence-corrected chi connectivity index (χ4v) is 8.80. The molecule has 3 unspecified atom stereocenters. The van der Waals surface area contributed by atoms with E-state index in [1.807, 2.05) is 0 Å². The SMILES string of the molecule is O=C(C[C@H]1CC[C@@H]2OC3C4O[C@@H]5C[C@H]4O[C@H]3[C@@H](O5)[C@H]2O1)C([C@@H]1CCOC1)S(=O)(=O)c1ccccc1. The summed E-state index contributed by atoms with van der Waals surface area (Å²) < 4.78 is 63.8. The van der Waals surface area contributed by atoms with E-state index in [4.69, 9.17) is 28.4 Å². The molecule has 9 nitrogen and oxygen atoms in total. The zero-order valence-electron chi connectivity index (χ0n) is 19.3. The summed E-state index contributed by atoms with van der Waals surface area (Å²) in [5, 5.41) is -1.14. The van der Waals surface area contributed by atoms with Crippen molar-refractivity contribution in [3.8, 4) is 0 Å². The average Bonchev–Trinajstić information content (AvgIpc) is 3.52. The van der Waals surface area contributed by atoms with E-state index in [1.54, 1.807) is 30.3 Å². The van der Waals surface area contributed by atoms with Crippen LogP contribution in [0.1, 0.15) is 32.1 Å². The molecule has 0 N–H and O–H groups in total. The Morgan fingerprint density at radius 1 is 0.857 bits per heavy atom. The van der Waals surface area contributed by atoms with Crippen LogP contribution in [0.15, 0.2) is 35.2 Å². The number of hydrogen-bond donors (Lipinski definition) is 0. The Bertz CT molecular complexity index is 1070. The second-order valence-corrected chi connectivity index (χ2v) is 12.6. The highest BCUT2D eigenvalue weighted by Crippen LogP contribution is 2.48. The van der Waals surface area contributed by atoms with Crippen LogP contribution in [0, 0.1) is 5.92 Å². The van der Waals surface area contributed by atoms with Gasteiger partial charge in [-0.2, -0.15) is 0 Å². The highest BCUT2D eigenvalue weighted by Gasteiger charge is 2.64. The maximum absolute atomic E-state index is 13.6. The topological polar surface area (TPSA) is 107 Å². The molecule has 7 aliphatic heterocycles. The van der Waals surface area contributed by atoms with Gasteiger partial charge in [0.25, 0.3) is 0 Å².